The Morgan fingerprint density at radius 2 is 2.00 bits per heavy atom. The highest BCUT2D eigenvalue weighted by molar-refractivity contribution is 7.98. The van der Waals surface area contributed by atoms with E-state index in [1.165, 1.54) is 17.8 Å². The van der Waals surface area contributed by atoms with E-state index in [1.807, 2.05) is 29.0 Å². The molecule has 0 atom stereocenters. The lowest BCUT2D eigenvalue weighted by Crippen LogP contribution is -2.37. The first-order valence-corrected chi connectivity index (χ1v) is 12.6. The molecule has 0 amide bonds. The molecule has 0 radical (unpaired) electrons. The molecule has 34 heavy (non-hydrogen) atoms. The summed E-state index contributed by atoms with van der Waals surface area (Å²) in [4.78, 5) is 15.4. The Bertz CT molecular complexity index is 1320. The molecule has 0 saturated carbocycles. The fourth-order valence-electron chi connectivity index (χ4n) is 4.23. The monoisotopic (exact) mass is 498 g/mol. The highest BCUT2D eigenvalue weighted by Gasteiger charge is 2.22. The van der Waals surface area contributed by atoms with Gasteiger partial charge >= 0.3 is 0 Å². The molecule has 1 fully saturated rings. The van der Waals surface area contributed by atoms with E-state index >= 15 is 4.39 Å². The van der Waals surface area contributed by atoms with Gasteiger partial charge in [0.05, 0.1) is 10.7 Å². The maximum absolute atomic E-state index is 15.1. The Labute approximate surface area is 206 Å². The van der Waals surface area contributed by atoms with Crippen molar-refractivity contribution < 1.29 is 9.13 Å². The number of rotatable bonds is 6. The molecule has 10 heteroatoms. The lowest BCUT2D eigenvalue weighted by atomic mass is 10.1. The van der Waals surface area contributed by atoms with Crippen LogP contribution in [0.4, 0.5) is 10.2 Å². The maximum atomic E-state index is 15.1. The van der Waals surface area contributed by atoms with Gasteiger partial charge in [0.2, 0.25) is 0 Å². The number of anilines is 1. The van der Waals surface area contributed by atoms with Gasteiger partial charge in [-0.1, -0.05) is 23.4 Å². The van der Waals surface area contributed by atoms with Crippen LogP contribution in [0.3, 0.4) is 0 Å². The van der Waals surface area contributed by atoms with Crippen LogP contribution in [0, 0.1) is 5.82 Å². The molecule has 4 aromatic rings. The molecule has 1 aliphatic rings. The number of ether oxygens (including phenoxy) is 1. The molecule has 0 unspecified atom stereocenters. The van der Waals surface area contributed by atoms with Gasteiger partial charge in [-0.25, -0.2) is 19.3 Å². The average Bonchev–Trinajstić information content (AvgIpc) is 3.19. The molecule has 1 saturated heterocycles. The van der Waals surface area contributed by atoms with Crippen LogP contribution in [-0.2, 0) is 6.54 Å². The van der Waals surface area contributed by atoms with E-state index in [-0.39, 0.29) is 11.9 Å². The molecule has 7 nitrogen and oxygen atoms in total. The van der Waals surface area contributed by atoms with Crippen LogP contribution in [-0.4, -0.2) is 49.9 Å². The number of nitrogens with zero attached hydrogens (tertiary/aromatic N) is 5. The molecule has 0 spiro atoms. The summed E-state index contributed by atoms with van der Waals surface area (Å²) in [6, 6.07) is 10.6. The second-order valence-corrected chi connectivity index (χ2v) is 9.44. The van der Waals surface area contributed by atoms with E-state index in [0.29, 0.717) is 32.8 Å². The van der Waals surface area contributed by atoms with Crippen molar-refractivity contribution in [2.45, 2.75) is 30.6 Å². The van der Waals surface area contributed by atoms with Gasteiger partial charge in [0, 0.05) is 38.1 Å². The number of thioether (sulfide) groups is 1. The quantitative estimate of drug-likeness (QED) is 0.376. The summed E-state index contributed by atoms with van der Waals surface area (Å²) in [5, 5.41) is 1.22. The maximum Gasteiger partial charge on any atom is 0.174 e. The van der Waals surface area contributed by atoms with Gasteiger partial charge in [-0.2, -0.15) is 0 Å². The smallest absolute Gasteiger partial charge is 0.174 e. The highest BCUT2D eigenvalue weighted by atomic mass is 35.5. The molecule has 1 aliphatic heterocycles. The summed E-state index contributed by atoms with van der Waals surface area (Å²) in [6.45, 7) is 2.57. The number of pyridine rings is 2. The number of piperidine rings is 1. The summed E-state index contributed by atoms with van der Waals surface area (Å²) in [7, 11) is 0. The number of nitrogens with two attached hydrogens (primary N) is 1. The minimum absolute atomic E-state index is 0.0289. The molecule has 0 bridgehead atoms. The lowest BCUT2D eigenvalue weighted by molar-refractivity contribution is 0.0935. The van der Waals surface area contributed by atoms with E-state index in [2.05, 4.69) is 19.9 Å². The van der Waals surface area contributed by atoms with Gasteiger partial charge in [0.1, 0.15) is 17.4 Å². The van der Waals surface area contributed by atoms with Crippen LogP contribution in [0.1, 0.15) is 18.4 Å². The van der Waals surface area contributed by atoms with E-state index < -0.39 is 5.82 Å². The topological polar surface area (TPSA) is 82.1 Å². The number of aromatic nitrogens is 4. The number of imidazole rings is 1. The predicted molar refractivity (Wildman–Crippen MR) is 133 cm³/mol. The van der Waals surface area contributed by atoms with Crippen molar-refractivity contribution in [3.63, 3.8) is 0 Å². The number of hydrogen-bond acceptors (Lipinski definition) is 7. The van der Waals surface area contributed by atoms with E-state index in [0.717, 1.165) is 38.0 Å². The van der Waals surface area contributed by atoms with E-state index in [9.17, 15) is 0 Å². The standard InChI is InChI=1S/C24H24ClFN6OS/c1-34-24-30-20-11-16(25)13-29-23(20)32(24)17-2-3-21(19(26)12-17)33-18-5-8-31(9-6-18)14-15-4-7-28-22(27)10-15/h2-4,7,10-13,18H,5-6,8-9,14H2,1H3,(H2,27,28). The molecular formula is C24H24ClFN6OS. The van der Waals surface area contributed by atoms with E-state index in [1.54, 1.807) is 24.5 Å². The van der Waals surface area contributed by atoms with E-state index in [4.69, 9.17) is 22.1 Å². The van der Waals surface area contributed by atoms with Gasteiger partial charge < -0.3 is 10.5 Å². The summed E-state index contributed by atoms with van der Waals surface area (Å²) in [5.74, 6) is 0.382. The van der Waals surface area contributed by atoms with Crippen LogP contribution in [0.5, 0.6) is 5.75 Å². The third kappa shape index (κ3) is 4.82. The number of halogens is 2. The zero-order valence-electron chi connectivity index (χ0n) is 18.6. The Hall–Kier alpha value is -2.88. The van der Waals surface area contributed by atoms with Crippen molar-refractivity contribution in [1.82, 2.24) is 24.4 Å². The SMILES string of the molecule is CSc1nc2cc(Cl)cnc2n1-c1ccc(OC2CCN(Cc3ccnc(N)c3)CC2)c(F)c1. The predicted octanol–water partition coefficient (Wildman–Crippen LogP) is 4.96. The van der Waals surface area contributed by atoms with Crippen LogP contribution in [0.15, 0.2) is 53.9 Å². The number of hydrogen-bond donors (Lipinski definition) is 1. The first-order valence-electron chi connectivity index (χ1n) is 11.0. The van der Waals surface area contributed by atoms with Crippen LogP contribution >= 0.6 is 23.4 Å². The molecule has 4 heterocycles. The largest absolute Gasteiger partial charge is 0.487 e. The fraction of sp³-hybridized carbons (Fsp3) is 0.292. The highest BCUT2D eigenvalue weighted by Crippen LogP contribution is 2.30. The van der Waals surface area contributed by atoms with Crippen molar-refractivity contribution in [3.8, 4) is 11.4 Å². The van der Waals surface area contributed by atoms with Crippen molar-refractivity contribution in [2.24, 2.45) is 0 Å². The number of nitrogen functional groups attached to an aromatic ring is 1. The van der Waals surface area contributed by atoms with Gasteiger partial charge in [0.15, 0.2) is 22.4 Å². The van der Waals surface area contributed by atoms with Crippen LogP contribution in [0.25, 0.3) is 16.9 Å². The minimum Gasteiger partial charge on any atom is -0.487 e. The minimum atomic E-state index is -0.407. The Morgan fingerprint density at radius 3 is 2.74 bits per heavy atom. The number of benzene rings is 1. The number of likely N-dealkylation sites (tertiary alicyclic amines) is 1. The third-order valence-electron chi connectivity index (χ3n) is 5.87. The lowest BCUT2D eigenvalue weighted by Gasteiger charge is -2.32. The van der Waals surface area contributed by atoms with Gasteiger partial charge in [0.25, 0.3) is 0 Å². The van der Waals surface area contributed by atoms with Crippen molar-refractivity contribution >= 4 is 40.3 Å². The number of fused-ring (bicyclic) bond motifs is 1. The Kier molecular flexibility index (Phi) is 6.58. The zero-order valence-corrected chi connectivity index (χ0v) is 20.2. The summed E-state index contributed by atoms with van der Waals surface area (Å²) in [5.41, 5.74) is 8.85. The zero-order chi connectivity index (χ0) is 23.7. The van der Waals surface area contributed by atoms with Crippen molar-refractivity contribution in [1.29, 1.82) is 0 Å². The Morgan fingerprint density at radius 1 is 1.18 bits per heavy atom. The van der Waals surface area contributed by atoms with Crippen molar-refractivity contribution in [2.75, 3.05) is 25.1 Å². The molecule has 0 aliphatic carbocycles. The first-order chi connectivity index (χ1) is 16.5. The van der Waals surface area contributed by atoms with Gasteiger partial charge in [-0.15, -0.1) is 0 Å². The summed E-state index contributed by atoms with van der Waals surface area (Å²) in [6.07, 6.45) is 6.84. The van der Waals surface area contributed by atoms with Gasteiger partial charge in [-0.05, 0) is 55.0 Å². The fourth-order valence-corrected chi connectivity index (χ4v) is 4.95. The summed E-state index contributed by atoms with van der Waals surface area (Å²) >= 11 is 7.52. The third-order valence-corrected chi connectivity index (χ3v) is 6.71. The average molecular weight is 499 g/mol. The molecule has 1 aromatic carbocycles. The summed E-state index contributed by atoms with van der Waals surface area (Å²) < 4.78 is 22.9. The Balaban J connectivity index is 1.27. The first kappa shape index (κ1) is 22.9. The molecule has 3 aromatic heterocycles. The van der Waals surface area contributed by atoms with Gasteiger partial charge in [-0.3, -0.25) is 9.47 Å². The molecule has 176 valence electrons. The van der Waals surface area contributed by atoms with Crippen LogP contribution < -0.4 is 10.5 Å². The second kappa shape index (κ2) is 9.77. The normalized spacial score (nSPS) is 15.1. The van der Waals surface area contributed by atoms with Crippen LogP contribution in [0.2, 0.25) is 5.02 Å². The molecule has 2 N–H and O–H groups in total. The second-order valence-electron chi connectivity index (χ2n) is 8.23. The molecular weight excluding hydrogens is 475 g/mol. The van der Waals surface area contributed by atoms with Crippen molar-refractivity contribution in [3.05, 3.63) is 65.2 Å². The molecule has 5 rings (SSSR count).